The van der Waals surface area contributed by atoms with Crippen LogP contribution in [-0.2, 0) is 4.79 Å². The van der Waals surface area contributed by atoms with Gasteiger partial charge in [-0.2, -0.15) is 0 Å². The molecule has 1 amide bonds. The molecule has 1 atom stereocenters. The summed E-state index contributed by atoms with van der Waals surface area (Å²) in [5.41, 5.74) is 6.95. The molecule has 2 rings (SSSR count). The van der Waals surface area contributed by atoms with E-state index in [2.05, 4.69) is 5.32 Å². The lowest BCUT2D eigenvalue weighted by Gasteiger charge is -2.14. The fraction of sp³-hybridized carbons (Fsp3) is 0.385. The van der Waals surface area contributed by atoms with Gasteiger partial charge in [0.1, 0.15) is 10.7 Å². The highest BCUT2D eigenvalue weighted by Crippen LogP contribution is 2.30. The molecule has 4 nitrogen and oxygen atoms in total. The van der Waals surface area contributed by atoms with E-state index in [0.717, 1.165) is 24.2 Å². The van der Waals surface area contributed by atoms with Crippen LogP contribution in [-0.4, -0.2) is 29.0 Å². The summed E-state index contributed by atoms with van der Waals surface area (Å²) in [6.07, 6.45) is 2.03. The van der Waals surface area contributed by atoms with Gasteiger partial charge in [-0.05, 0) is 36.8 Å². The maximum absolute atomic E-state index is 12.1. The highest BCUT2D eigenvalue weighted by molar-refractivity contribution is 8.00. The first-order valence-electron chi connectivity index (χ1n) is 6.02. The molecule has 0 saturated carbocycles. The Labute approximate surface area is 122 Å². The van der Waals surface area contributed by atoms with E-state index in [4.69, 9.17) is 22.7 Å². The predicted octanol–water partition coefficient (Wildman–Crippen LogP) is 2.16. The van der Waals surface area contributed by atoms with Crippen molar-refractivity contribution >= 4 is 40.6 Å². The first kappa shape index (κ1) is 14.1. The van der Waals surface area contributed by atoms with Crippen LogP contribution in [0.25, 0.3) is 0 Å². The number of ether oxygens (including phenoxy) is 1. The average molecular weight is 296 g/mol. The third-order valence-electron chi connectivity index (χ3n) is 2.97. The van der Waals surface area contributed by atoms with Crippen molar-refractivity contribution in [2.45, 2.75) is 18.1 Å². The molecule has 1 heterocycles. The molecule has 1 saturated heterocycles. The molecule has 1 aliphatic rings. The van der Waals surface area contributed by atoms with Crippen LogP contribution in [0.3, 0.4) is 0 Å². The summed E-state index contributed by atoms with van der Waals surface area (Å²) >= 11 is 6.62. The van der Waals surface area contributed by atoms with Gasteiger partial charge in [-0.25, -0.2) is 0 Å². The minimum Gasteiger partial charge on any atom is -0.495 e. The number of amides is 1. The summed E-state index contributed by atoms with van der Waals surface area (Å²) in [6.45, 7) is 0. The van der Waals surface area contributed by atoms with Crippen LogP contribution < -0.4 is 15.8 Å². The van der Waals surface area contributed by atoms with Gasteiger partial charge in [-0.1, -0.05) is 12.2 Å². The van der Waals surface area contributed by atoms with Crippen molar-refractivity contribution in [3.63, 3.8) is 0 Å². The minimum absolute atomic E-state index is 0.0314. The second-order valence-corrected chi connectivity index (χ2v) is 6.02. The van der Waals surface area contributed by atoms with Gasteiger partial charge in [0.15, 0.2) is 0 Å². The normalized spacial score (nSPS) is 18.1. The third-order valence-corrected chi connectivity index (χ3v) is 4.58. The number of nitrogens with two attached hydrogens (primary N) is 1. The molecule has 6 heteroatoms. The van der Waals surface area contributed by atoms with Gasteiger partial charge < -0.3 is 15.8 Å². The first-order valence-corrected chi connectivity index (χ1v) is 7.48. The SMILES string of the molecule is COc1cc(C(N)=S)ccc1NC(=O)C1CCCS1. The van der Waals surface area contributed by atoms with Gasteiger partial charge in [0, 0.05) is 5.56 Å². The van der Waals surface area contributed by atoms with Crippen molar-refractivity contribution in [3.05, 3.63) is 23.8 Å². The molecule has 0 aliphatic carbocycles. The van der Waals surface area contributed by atoms with E-state index in [1.807, 2.05) is 0 Å². The van der Waals surface area contributed by atoms with E-state index < -0.39 is 0 Å². The maximum Gasteiger partial charge on any atom is 0.237 e. The number of rotatable bonds is 4. The molecule has 0 radical (unpaired) electrons. The van der Waals surface area contributed by atoms with Crippen molar-refractivity contribution in [2.75, 3.05) is 18.2 Å². The van der Waals surface area contributed by atoms with Crippen molar-refractivity contribution in [3.8, 4) is 5.75 Å². The first-order chi connectivity index (χ1) is 9.11. The van der Waals surface area contributed by atoms with Crippen LogP contribution in [0.4, 0.5) is 5.69 Å². The van der Waals surface area contributed by atoms with Crippen LogP contribution in [0.1, 0.15) is 18.4 Å². The Kier molecular flexibility index (Phi) is 4.66. The number of hydrogen-bond acceptors (Lipinski definition) is 4. The second-order valence-electron chi connectivity index (χ2n) is 4.27. The zero-order valence-electron chi connectivity index (χ0n) is 10.6. The largest absolute Gasteiger partial charge is 0.495 e. The third kappa shape index (κ3) is 3.39. The molecule has 102 valence electrons. The Bertz CT molecular complexity index is 499. The number of carbonyl (C=O) groups is 1. The van der Waals surface area contributed by atoms with Crippen LogP contribution in [0.2, 0.25) is 0 Å². The molecule has 0 spiro atoms. The molecular formula is C13H16N2O2S2. The molecule has 0 aromatic heterocycles. The van der Waals surface area contributed by atoms with E-state index in [1.165, 1.54) is 0 Å². The monoisotopic (exact) mass is 296 g/mol. The number of hydrogen-bond donors (Lipinski definition) is 2. The number of methoxy groups -OCH3 is 1. The van der Waals surface area contributed by atoms with Crippen molar-refractivity contribution in [1.82, 2.24) is 0 Å². The van der Waals surface area contributed by atoms with E-state index in [-0.39, 0.29) is 11.2 Å². The molecule has 1 fully saturated rings. The van der Waals surface area contributed by atoms with Gasteiger partial charge in [0.25, 0.3) is 0 Å². The van der Waals surface area contributed by atoms with E-state index in [9.17, 15) is 4.79 Å². The van der Waals surface area contributed by atoms with Crippen LogP contribution in [0.5, 0.6) is 5.75 Å². The summed E-state index contributed by atoms with van der Waals surface area (Å²) in [5.74, 6) is 1.65. The maximum atomic E-state index is 12.1. The number of thioether (sulfide) groups is 1. The Balaban J connectivity index is 2.15. The Hall–Kier alpha value is -1.27. The van der Waals surface area contributed by atoms with Crippen LogP contribution in [0, 0.1) is 0 Å². The van der Waals surface area contributed by atoms with Crippen LogP contribution >= 0.6 is 24.0 Å². The fourth-order valence-electron chi connectivity index (χ4n) is 1.95. The highest BCUT2D eigenvalue weighted by atomic mass is 32.2. The standard InChI is InChI=1S/C13H16N2O2S2/c1-17-10-7-8(12(14)18)4-5-9(10)15-13(16)11-3-2-6-19-11/h4-5,7,11H,2-3,6H2,1H3,(H2,14,18)(H,15,16). The predicted molar refractivity (Wildman–Crippen MR) is 83.0 cm³/mol. The molecule has 1 aromatic rings. The molecule has 19 heavy (non-hydrogen) atoms. The molecule has 1 aliphatic heterocycles. The van der Waals surface area contributed by atoms with E-state index in [1.54, 1.807) is 37.1 Å². The number of anilines is 1. The minimum atomic E-state index is 0.0314. The molecule has 3 N–H and O–H groups in total. The summed E-state index contributed by atoms with van der Waals surface area (Å²) in [6, 6.07) is 5.28. The van der Waals surface area contributed by atoms with Gasteiger partial charge in [0.05, 0.1) is 18.0 Å². The summed E-state index contributed by atoms with van der Waals surface area (Å²) in [4.78, 5) is 12.4. The van der Waals surface area contributed by atoms with Crippen molar-refractivity contribution in [1.29, 1.82) is 0 Å². The number of thiocarbonyl (C=S) groups is 1. The number of carbonyl (C=O) groups excluding carboxylic acids is 1. The lowest BCUT2D eigenvalue weighted by atomic mass is 10.1. The lowest BCUT2D eigenvalue weighted by Crippen LogP contribution is -2.23. The van der Waals surface area contributed by atoms with Gasteiger partial charge in [-0.15, -0.1) is 11.8 Å². The van der Waals surface area contributed by atoms with Crippen molar-refractivity contribution in [2.24, 2.45) is 5.73 Å². The molecule has 1 aromatic carbocycles. The molecular weight excluding hydrogens is 280 g/mol. The lowest BCUT2D eigenvalue weighted by molar-refractivity contribution is -0.115. The highest BCUT2D eigenvalue weighted by Gasteiger charge is 2.24. The van der Waals surface area contributed by atoms with Gasteiger partial charge >= 0.3 is 0 Å². The summed E-state index contributed by atoms with van der Waals surface area (Å²) in [5, 5.41) is 2.94. The van der Waals surface area contributed by atoms with Gasteiger partial charge in [0.2, 0.25) is 5.91 Å². The summed E-state index contributed by atoms with van der Waals surface area (Å²) < 4.78 is 5.26. The second kappa shape index (κ2) is 6.25. The Morgan fingerprint density at radius 3 is 2.95 bits per heavy atom. The smallest absolute Gasteiger partial charge is 0.237 e. The van der Waals surface area contributed by atoms with Crippen molar-refractivity contribution < 1.29 is 9.53 Å². The van der Waals surface area contributed by atoms with E-state index >= 15 is 0 Å². The zero-order chi connectivity index (χ0) is 13.8. The Morgan fingerprint density at radius 2 is 2.37 bits per heavy atom. The van der Waals surface area contributed by atoms with Crippen LogP contribution in [0.15, 0.2) is 18.2 Å². The number of nitrogens with one attached hydrogen (secondary N) is 1. The quantitative estimate of drug-likeness (QED) is 0.834. The zero-order valence-corrected chi connectivity index (χ0v) is 12.3. The summed E-state index contributed by atoms with van der Waals surface area (Å²) in [7, 11) is 1.55. The topological polar surface area (TPSA) is 64.3 Å². The molecule has 0 bridgehead atoms. The average Bonchev–Trinajstić information content (AvgIpc) is 2.92. The number of benzene rings is 1. The Morgan fingerprint density at radius 1 is 1.58 bits per heavy atom. The fourth-order valence-corrected chi connectivity index (χ4v) is 3.23. The van der Waals surface area contributed by atoms with E-state index in [0.29, 0.717) is 16.4 Å². The molecule has 1 unspecified atom stereocenters. The van der Waals surface area contributed by atoms with Gasteiger partial charge in [-0.3, -0.25) is 4.79 Å².